The smallest absolute Gasteiger partial charge is 0.756 e. The molecular formula is C48H100FeO8P2. The van der Waals surface area contributed by atoms with E-state index in [0.717, 1.165) is 51.4 Å². The van der Waals surface area contributed by atoms with Crippen LogP contribution in [0.4, 0.5) is 0 Å². The monoisotopic (exact) mass is 923 g/mol. The Morgan fingerprint density at radius 1 is 0.254 bits per heavy atom. The molecule has 358 valence electrons. The van der Waals surface area contributed by atoms with Crippen LogP contribution in [-0.4, -0.2) is 26.4 Å². The van der Waals surface area contributed by atoms with Gasteiger partial charge in [0.1, 0.15) is 0 Å². The zero-order valence-corrected chi connectivity index (χ0v) is 42.5. The summed E-state index contributed by atoms with van der Waals surface area (Å²) in [6.07, 6.45) is 49.0. The molecule has 0 heterocycles. The molecule has 0 fully saturated rings. The van der Waals surface area contributed by atoms with Gasteiger partial charge in [0.25, 0.3) is 15.6 Å². The normalized spacial score (nSPS) is 11.8. The van der Waals surface area contributed by atoms with Gasteiger partial charge in [0.15, 0.2) is 0 Å². The van der Waals surface area contributed by atoms with Crippen LogP contribution in [0, 0.1) is 0 Å². The number of phosphoric ester groups is 2. The van der Waals surface area contributed by atoms with Crippen LogP contribution in [0.1, 0.15) is 285 Å². The van der Waals surface area contributed by atoms with Crippen LogP contribution >= 0.6 is 15.6 Å². The predicted octanol–water partition coefficient (Wildman–Crippen LogP) is 16.7. The molecule has 0 bridgehead atoms. The van der Waals surface area contributed by atoms with Crippen molar-refractivity contribution in [1.82, 2.24) is 0 Å². The second kappa shape index (κ2) is 53.1. The van der Waals surface area contributed by atoms with E-state index in [-0.39, 0.29) is 43.5 Å². The quantitative estimate of drug-likeness (QED) is 0.0336. The van der Waals surface area contributed by atoms with Crippen LogP contribution < -0.4 is 9.79 Å². The van der Waals surface area contributed by atoms with Gasteiger partial charge in [-0.05, 0) is 25.7 Å². The third kappa shape index (κ3) is 58.7. The maximum absolute atomic E-state index is 11.7. The van der Waals surface area contributed by atoms with E-state index in [4.69, 9.17) is 18.1 Å². The van der Waals surface area contributed by atoms with Crippen molar-refractivity contribution in [1.29, 1.82) is 0 Å². The molecule has 0 aliphatic heterocycles. The molecule has 0 aromatic rings. The van der Waals surface area contributed by atoms with Crippen molar-refractivity contribution in [2.45, 2.75) is 285 Å². The molecule has 0 radical (unpaired) electrons. The molecule has 0 saturated carbocycles. The van der Waals surface area contributed by atoms with Gasteiger partial charge in [0, 0.05) is 0 Å². The summed E-state index contributed by atoms with van der Waals surface area (Å²) in [7, 11) is -8.19. The second-order valence-corrected chi connectivity index (χ2v) is 19.8. The van der Waals surface area contributed by atoms with E-state index in [1.165, 1.54) is 205 Å². The zero-order chi connectivity index (χ0) is 42.9. The van der Waals surface area contributed by atoms with Crippen LogP contribution in [0.3, 0.4) is 0 Å². The van der Waals surface area contributed by atoms with Crippen LogP contribution in [0.15, 0.2) is 0 Å². The summed E-state index contributed by atoms with van der Waals surface area (Å²) in [6, 6.07) is 0. The van der Waals surface area contributed by atoms with Gasteiger partial charge in [0.2, 0.25) is 0 Å². The first kappa shape index (κ1) is 64.0. The zero-order valence-electron chi connectivity index (χ0n) is 39.6. The summed E-state index contributed by atoms with van der Waals surface area (Å²) in [5.74, 6) is 0. The van der Waals surface area contributed by atoms with Crippen LogP contribution in [-0.2, 0) is 44.3 Å². The molecule has 0 aromatic carbocycles. The first-order valence-electron chi connectivity index (χ1n) is 25.4. The minimum Gasteiger partial charge on any atom is -0.756 e. The van der Waals surface area contributed by atoms with Crippen LogP contribution in [0.5, 0.6) is 0 Å². The predicted molar refractivity (Wildman–Crippen MR) is 246 cm³/mol. The maximum atomic E-state index is 11.7. The molecular weight excluding hydrogens is 822 g/mol. The van der Waals surface area contributed by atoms with Crippen molar-refractivity contribution in [2.75, 3.05) is 26.4 Å². The first-order chi connectivity index (χ1) is 28.2. The molecule has 0 saturated heterocycles. The fraction of sp³-hybridized carbons (Fsp3) is 1.00. The van der Waals surface area contributed by atoms with E-state index in [0.29, 0.717) is 0 Å². The Kier molecular flexibility index (Phi) is 57.6. The number of rotatable bonds is 48. The van der Waals surface area contributed by atoms with Crippen molar-refractivity contribution in [3.63, 3.8) is 0 Å². The topological polar surface area (TPSA) is 117 Å². The van der Waals surface area contributed by atoms with Gasteiger partial charge in [-0.1, -0.05) is 259 Å². The Morgan fingerprint density at radius 3 is 0.508 bits per heavy atom. The van der Waals surface area contributed by atoms with E-state index in [1.54, 1.807) is 0 Å². The molecule has 8 nitrogen and oxygen atoms in total. The van der Waals surface area contributed by atoms with Crippen molar-refractivity contribution in [2.24, 2.45) is 0 Å². The molecule has 0 unspecified atom stereocenters. The minimum atomic E-state index is -4.10. The number of hydrogen-bond donors (Lipinski definition) is 0. The van der Waals surface area contributed by atoms with E-state index >= 15 is 0 Å². The van der Waals surface area contributed by atoms with Gasteiger partial charge < -0.3 is 27.9 Å². The minimum absolute atomic E-state index is 0. The number of unbranched alkanes of at least 4 members (excludes halogenated alkanes) is 36. The van der Waals surface area contributed by atoms with Crippen molar-refractivity contribution < 1.29 is 54.1 Å². The van der Waals surface area contributed by atoms with E-state index in [1.807, 2.05) is 0 Å². The van der Waals surface area contributed by atoms with Crippen molar-refractivity contribution in [3.05, 3.63) is 0 Å². The Morgan fingerprint density at radius 2 is 0.373 bits per heavy atom. The third-order valence-electron chi connectivity index (χ3n) is 11.0. The molecule has 0 aromatic heterocycles. The molecule has 11 heteroatoms. The van der Waals surface area contributed by atoms with Gasteiger partial charge in [0.05, 0.1) is 26.4 Å². The van der Waals surface area contributed by atoms with E-state index in [9.17, 15) is 18.9 Å². The molecule has 0 spiro atoms. The molecule has 0 amide bonds. The molecule has 0 rings (SSSR count). The van der Waals surface area contributed by atoms with Crippen LogP contribution in [0.25, 0.3) is 0 Å². The van der Waals surface area contributed by atoms with E-state index < -0.39 is 15.6 Å². The summed E-state index contributed by atoms with van der Waals surface area (Å²) >= 11 is 0. The maximum Gasteiger partial charge on any atom is 2.00 e. The summed E-state index contributed by atoms with van der Waals surface area (Å²) in [6.45, 7) is 10.0. The fourth-order valence-electron chi connectivity index (χ4n) is 7.14. The molecule has 59 heavy (non-hydrogen) atoms. The number of hydrogen-bond acceptors (Lipinski definition) is 8. The van der Waals surface area contributed by atoms with E-state index in [2.05, 4.69) is 27.7 Å². The van der Waals surface area contributed by atoms with Gasteiger partial charge in [-0.25, -0.2) is 0 Å². The van der Waals surface area contributed by atoms with Gasteiger partial charge in [-0.2, -0.15) is 0 Å². The molecule has 0 aliphatic carbocycles. The second-order valence-electron chi connectivity index (χ2n) is 17.0. The average Bonchev–Trinajstić information content (AvgIpc) is 3.20. The summed E-state index contributed by atoms with van der Waals surface area (Å²) in [5, 5.41) is 0. The summed E-state index contributed by atoms with van der Waals surface area (Å²) in [5.41, 5.74) is 0. The Hall–Kier alpha value is 0.739. The van der Waals surface area contributed by atoms with Gasteiger partial charge in [-0.15, -0.1) is 0 Å². The standard InChI is InChI=1S/2C24H51O4P.Fe/c2*1-3-5-7-9-11-13-15-17-19-21-23-27-29(25,26)28-24-22-20-18-16-14-12-10-8-6-4-2;/h2*3-24H2,1-2H3,(H,25,26);/q;;+2/p-2. The van der Waals surface area contributed by atoms with Gasteiger partial charge in [-0.3, -0.25) is 9.13 Å². The Bertz CT molecular complexity index is 741. The summed E-state index contributed by atoms with van der Waals surface area (Å²) in [4.78, 5) is 23.5. The third-order valence-corrected chi connectivity index (χ3v) is 13.0. The SMILES string of the molecule is CCCCCCCCCCCCOP(=O)([O-])OCCCCCCCCCCCC.CCCCCCCCCCCCOP(=O)([O-])OCCCCCCCCCCCC.[Fe+2]. The largest absolute Gasteiger partial charge is 2.00 e. The van der Waals surface area contributed by atoms with Crippen molar-refractivity contribution in [3.8, 4) is 0 Å². The number of phosphoric acid groups is 2. The fourth-order valence-corrected chi connectivity index (χ4v) is 8.70. The molecule has 0 aliphatic rings. The first-order valence-corrected chi connectivity index (χ1v) is 28.4. The van der Waals surface area contributed by atoms with Gasteiger partial charge >= 0.3 is 17.1 Å². The van der Waals surface area contributed by atoms with Crippen LogP contribution in [0.2, 0.25) is 0 Å². The summed E-state index contributed by atoms with van der Waals surface area (Å²) < 4.78 is 43.4. The molecule has 0 atom stereocenters. The molecule has 0 N–H and O–H groups in total. The van der Waals surface area contributed by atoms with Crippen molar-refractivity contribution >= 4 is 15.6 Å². The average molecular weight is 923 g/mol. The Balaban J connectivity index is -0.00000105. The Labute approximate surface area is 379 Å².